The molecule has 371 valence electrons. The van der Waals surface area contributed by atoms with Gasteiger partial charge in [-0.15, -0.1) is 0 Å². The fraction of sp³-hybridized carbons (Fsp3) is 0.918. The highest BCUT2D eigenvalue weighted by atomic mass is 14.9. The second kappa shape index (κ2) is 50.5. The van der Waals surface area contributed by atoms with Crippen molar-refractivity contribution in [1.82, 2.24) is 9.97 Å². The molecule has 0 amide bonds. The molecule has 0 spiro atoms. The van der Waals surface area contributed by atoms with Crippen molar-refractivity contribution in [2.75, 3.05) is 0 Å². The van der Waals surface area contributed by atoms with E-state index in [1.165, 1.54) is 326 Å². The summed E-state index contributed by atoms with van der Waals surface area (Å²) in [6, 6.07) is 0. The predicted octanol–water partition coefficient (Wildman–Crippen LogP) is 21.7. The summed E-state index contributed by atoms with van der Waals surface area (Å²) in [6.07, 6.45) is 73.9. The van der Waals surface area contributed by atoms with Gasteiger partial charge in [0.1, 0.15) is 5.82 Å². The van der Waals surface area contributed by atoms with Gasteiger partial charge in [-0.25, -0.2) is 9.97 Å². The highest BCUT2D eigenvalue weighted by Gasteiger charge is 2.15. The molecule has 2 heteroatoms. The van der Waals surface area contributed by atoms with Gasteiger partial charge in [-0.05, 0) is 50.5 Å². The normalized spacial score (nSPS) is 11.7. The fourth-order valence-electron chi connectivity index (χ4n) is 10.1. The zero-order valence-corrected chi connectivity index (χ0v) is 44.1. The third kappa shape index (κ3) is 41.0. The summed E-state index contributed by atoms with van der Waals surface area (Å²) in [4.78, 5) is 10.6. The number of nitrogens with zero attached hydrogens (tertiary/aromatic N) is 2. The molecule has 1 aromatic heterocycles. The van der Waals surface area contributed by atoms with Crippen molar-refractivity contribution in [2.45, 2.75) is 361 Å². The molecule has 2 nitrogen and oxygen atoms in total. The molecule has 63 heavy (non-hydrogen) atoms. The van der Waals surface area contributed by atoms with Gasteiger partial charge in [-0.3, -0.25) is 0 Å². The van der Waals surface area contributed by atoms with E-state index in [2.05, 4.69) is 27.7 Å². The summed E-state index contributed by atoms with van der Waals surface area (Å²) in [6.45, 7) is 11.2. The Labute approximate surface area is 399 Å². The lowest BCUT2D eigenvalue weighted by Crippen LogP contribution is -2.11. The van der Waals surface area contributed by atoms with Gasteiger partial charge < -0.3 is 0 Å². The van der Waals surface area contributed by atoms with E-state index in [9.17, 15) is 0 Å². The van der Waals surface area contributed by atoms with Gasteiger partial charge in [0.05, 0.1) is 0 Å². The van der Waals surface area contributed by atoms with Crippen LogP contribution in [0.25, 0.3) is 0 Å². The largest absolute Gasteiger partial charge is 0.238 e. The average Bonchev–Trinajstić information content (AvgIpc) is 3.29. The van der Waals surface area contributed by atoms with Crippen LogP contribution in [0.5, 0.6) is 0 Å². The molecule has 0 aliphatic rings. The molecule has 0 saturated heterocycles. The van der Waals surface area contributed by atoms with Crippen LogP contribution >= 0.6 is 0 Å². The first kappa shape index (κ1) is 60.1. The van der Waals surface area contributed by atoms with Gasteiger partial charge in [-0.2, -0.15) is 0 Å². The molecule has 1 aromatic rings. The molecule has 0 saturated carbocycles. The zero-order valence-electron chi connectivity index (χ0n) is 44.1. The van der Waals surface area contributed by atoms with Gasteiger partial charge in [0.2, 0.25) is 0 Å². The Bertz CT molecular complexity index is 959. The number of aryl methyl sites for hydroxylation is 3. The van der Waals surface area contributed by atoms with Crippen LogP contribution in [-0.4, -0.2) is 9.97 Å². The van der Waals surface area contributed by atoms with Crippen molar-refractivity contribution in [3.05, 3.63) is 29.7 Å². The van der Waals surface area contributed by atoms with Gasteiger partial charge in [0.15, 0.2) is 0 Å². The maximum Gasteiger partial charge on any atom is 0.128 e. The molecule has 1 rings (SSSR count). The number of unbranched alkanes of at least 4 members (excludes halogenated alkanes) is 45. The number of hydrogen-bond donors (Lipinski definition) is 0. The first-order chi connectivity index (χ1) is 31.3. The van der Waals surface area contributed by atoms with Crippen molar-refractivity contribution >= 4 is 0 Å². The zero-order chi connectivity index (χ0) is 45.2. The molecular formula is C61H117N2. The van der Waals surface area contributed by atoms with Crippen LogP contribution in [-0.2, 0) is 25.7 Å². The number of hydrogen-bond acceptors (Lipinski definition) is 2. The summed E-state index contributed by atoms with van der Waals surface area (Å²) in [5, 5.41) is 0. The summed E-state index contributed by atoms with van der Waals surface area (Å²) < 4.78 is 0. The second-order valence-electron chi connectivity index (χ2n) is 20.8. The van der Waals surface area contributed by atoms with E-state index in [4.69, 9.17) is 9.97 Å². The summed E-state index contributed by atoms with van der Waals surface area (Å²) in [5.41, 5.74) is 4.41. The van der Waals surface area contributed by atoms with Crippen LogP contribution < -0.4 is 0 Å². The Morgan fingerprint density at radius 3 is 0.635 bits per heavy atom. The minimum absolute atomic E-state index is 0.898. The summed E-state index contributed by atoms with van der Waals surface area (Å²) >= 11 is 0. The summed E-state index contributed by atoms with van der Waals surface area (Å²) in [5.74, 6) is 1.08. The molecule has 0 aromatic carbocycles. The summed E-state index contributed by atoms with van der Waals surface area (Å²) in [7, 11) is 0. The highest BCUT2D eigenvalue weighted by Crippen LogP contribution is 2.23. The first-order valence-electron chi connectivity index (χ1n) is 29.9. The quantitative estimate of drug-likeness (QED) is 0.0610. The number of aromatic nitrogens is 2. The minimum Gasteiger partial charge on any atom is -0.238 e. The molecule has 0 aliphatic carbocycles. The molecule has 1 radical (unpaired) electrons. The van der Waals surface area contributed by atoms with Gasteiger partial charge >= 0.3 is 0 Å². The molecule has 0 aliphatic heterocycles. The molecule has 1 heterocycles. The number of rotatable bonds is 53. The van der Waals surface area contributed by atoms with Crippen LogP contribution in [0.3, 0.4) is 0 Å². The van der Waals surface area contributed by atoms with Crippen LogP contribution in [0, 0.1) is 6.92 Å². The van der Waals surface area contributed by atoms with Gasteiger partial charge in [-0.1, -0.05) is 317 Å². The molecular weight excluding hydrogens is 761 g/mol. The van der Waals surface area contributed by atoms with Crippen molar-refractivity contribution in [3.8, 4) is 0 Å². The fourth-order valence-corrected chi connectivity index (χ4v) is 10.1. The minimum atomic E-state index is 0.898. The van der Waals surface area contributed by atoms with Crippen LogP contribution in [0.15, 0.2) is 0 Å². The maximum atomic E-state index is 5.30. The lowest BCUT2D eigenvalue weighted by molar-refractivity contribution is 0.526. The van der Waals surface area contributed by atoms with Gasteiger partial charge in [0, 0.05) is 17.8 Å². The third-order valence-corrected chi connectivity index (χ3v) is 14.4. The molecule has 0 atom stereocenters. The smallest absolute Gasteiger partial charge is 0.128 e. The SMILES string of the molecule is [CH2]CCc1nc(CCCCCCCCCCCCCCCCCC)c(CCCCCCCCCCCCCCCCCC)c(CCCCCCCCCCCCCCCCCC)n1. The van der Waals surface area contributed by atoms with E-state index in [-0.39, 0.29) is 0 Å². The second-order valence-corrected chi connectivity index (χ2v) is 20.8. The predicted molar refractivity (Wildman–Crippen MR) is 285 cm³/mol. The average molecular weight is 879 g/mol. The maximum absolute atomic E-state index is 5.30. The molecule has 0 unspecified atom stereocenters. The third-order valence-electron chi connectivity index (χ3n) is 14.4. The topological polar surface area (TPSA) is 25.8 Å². The monoisotopic (exact) mass is 878 g/mol. The van der Waals surface area contributed by atoms with Crippen molar-refractivity contribution in [2.24, 2.45) is 0 Å². The highest BCUT2D eigenvalue weighted by molar-refractivity contribution is 5.27. The lowest BCUT2D eigenvalue weighted by atomic mass is 9.96. The van der Waals surface area contributed by atoms with E-state index in [0.29, 0.717) is 0 Å². The van der Waals surface area contributed by atoms with E-state index in [1.807, 2.05) is 0 Å². The lowest BCUT2D eigenvalue weighted by Gasteiger charge is -2.16. The first-order valence-corrected chi connectivity index (χ1v) is 29.9. The van der Waals surface area contributed by atoms with Crippen LogP contribution in [0.1, 0.15) is 358 Å². The van der Waals surface area contributed by atoms with Crippen LogP contribution in [0.4, 0.5) is 0 Å². The Kier molecular flexibility index (Phi) is 48.2. The molecule has 0 fully saturated rings. The standard InChI is InChI=1S/C61H117N2/c1-5-9-12-15-18-21-24-27-30-33-36-39-42-45-48-51-55-58-59(56-52-49-46-43-40-37-34-31-28-25-22-19-16-13-10-6-2)62-61(54-8-4)63-60(58)57-53-50-47-44-41-38-35-32-29-26-23-20-17-14-11-7-3/h4-57H2,1-3H3. The Balaban J connectivity index is 2.47. The van der Waals surface area contributed by atoms with E-state index < -0.39 is 0 Å². The molecule has 0 N–H and O–H groups in total. The Hall–Kier alpha value is -0.920. The van der Waals surface area contributed by atoms with E-state index in [1.54, 1.807) is 5.56 Å². The Morgan fingerprint density at radius 1 is 0.238 bits per heavy atom. The van der Waals surface area contributed by atoms with Crippen molar-refractivity contribution in [3.63, 3.8) is 0 Å². The van der Waals surface area contributed by atoms with E-state index >= 15 is 0 Å². The van der Waals surface area contributed by atoms with Crippen molar-refractivity contribution in [1.29, 1.82) is 0 Å². The van der Waals surface area contributed by atoms with Gasteiger partial charge in [0.25, 0.3) is 0 Å². The molecule has 0 bridgehead atoms. The Morgan fingerprint density at radius 2 is 0.429 bits per heavy atom. The van der Waals surface area contributed by atoms with Crippen LogP contribution in [0.2, 0.25) is 0 Å². The van der Waals surface area contributed by atoms with Crippen molar-refractivity contribution < 1.29 is 0 Å². The van der Waals surface area contributed by atoms with E-state index in [0.717, 1.165) is 31.5 Å².